The monoisotopic (exact) mass is 311 g/mol. The van der Waals surface area contributed by atoms with Crippen LogP contribution in [-0.2, 0) is 4.74 Å². The van der Waals surface area contributed by atoms with E-state index in [1.807, 2.05) is 12.1 Å². The third kappa shape index (κ3) is 3.56. The molecule has 0 saturated heterocycles. The van der Waals surface area contributed by atoms with Crippen LogP contribution in [0.25, 0.3) is 0 Å². The van der Waals surface area contributed by atoms with Gasteiger partial charge in [-0.15, -0.1) is 0 Å². The number of nitrogens with two attached hydrogens (primary N) is 1. The molecule has 18 heavy (non-hydrogen) atoms. The van der Waals surface area contributed by atoms with Crippen LogP contribution < -0.4 is 5.73 Å². The molecule has 1 saturated carbocycles. The average Bonchev–Trinajstić information content (AvgIpc) is 2.39. The Morgan fingerprint density at radius 1 is 1.28 bits per heavy atom. The number of benzene rings is 1. The van der Waals surface area contributed by atoms with Crippen molar-refractivity contribution in [3.63, 3.8) is 0 Å². The molecular formula is C15H22BrNO. The first-order chi connectivity index (χ1) is 8.70. The number of halogens is 1. The highest BCUT2D eigenvalue weighted by molar-refractivity contribution is 9.10. The van der Waals surface area contributed by atoms with Gasteiger partial charge in [-0.2, -0.15) is 0 Å². The Morgan fingerprint density at radius 2 is 1.94 bits per heavy atom. The SMILES string of the molecule is CC1CCCCC1OC(CN)c1ccc(Br)cc1. The molecule has 2 rings (SSSR count). The van der Waals surface area contributed by atoms with Gasteiger partial charge in [-0.1, -0.05) is 47.8 Å². The van der Waals surface area contributed by atoms with Gasteiger partial charge in [0.2, 0.25) is 0 Å². The number of hydrogen-bond donors (Lipinski definition) is 1. The number of ether oxygens (including phenoxy) is 1. The van der Waals surface area contributed by atoms with Gasteiger partial charge < -0.3 is 10.5 Å². The second-order valence-corrected chi connectivity index (χ2v) is 6.13. The predicted molar refractivity (Wildman–Crippen MR) is 78.4 cm³/mol. The van der Waals surface area contributed by atoms with Gasteiger partial charge in [-0.05, 0) is 36.5 Å². The summed E-state index contributed by atoms with van der Waals surface area (Å²) in [6, 6.07) is 8.28. The molecule has 0 aliphatic heterocycles. The zero-order valence-corrected chi connectivity index (χ0v) is 12.5. The average molecular weight is 312 g/mol. The Kier molecular flexibility index (Phi) is 5.22. The topological polar surface area (TPSA) is 35.2 Å². The summed E-state index contributed by atoms with van der Waals surface area (Å²) in [5.74, 6) is 0.656. The van der Waals surface area contributed by atoms with Gasteiger partial charge in [0.1, 0.15) is 0 Å². The highest BCUT2D eigenvalue weighted by Crippen LogP contribution is 2.30. The van der Waals surface area contributed by atoms with E-state index in [0.717, 1.165) is 4.47 Å². The Morgan fingerprint density at radius 3 is 2.56 bits per heavy atom. The van der Waals surface area contributed by atoms with Gasteiger partial charge in [0.05, 0.1) is 12.2 Å². The minimum atomic E-state index is 0.0312. The van der Waals surface area contributed by atoms with Crippen LogP contribution >= 0.6 is 15.9 Å². The largest absolute Gasteiger partial charge is 0.369 e. The Hall–Kier alpha value is -0.380. The normalized spacial score (nSPS) is 25.9. The molecule has 1 aromatic carbocycles. The summed E-state index contributed by atoms with van der Waals surface area (Å²) in [7, 11) is 0. The first kappa shape index (κ1) is 14.0. The van der Waals surface area contributed by atoms with Gasteiger partial charge in [0.25, 0.3) is 0 Å². The molecular weight excluding hydrogens is 290 g/mol. The van der Waals surface area contributed by atoms with Gasteiger partial charge >= 0.3 is 0 Å². The van der Waals surface area contributed by atoms with E-state index in [4.69, 9.17) is 10.5 Å². The molecule has 3 heteroatoms. The molecule has 1 aliphatic carbocycles. The van der Waals surface area contributed by atoms with E-state index in [2.05, 4.69) is 35.0 Å². The van der Waals surface area contributed by atoms with E-state index in [1.165, 1.54) is 31.2 Å². The van der Waals surface area contributed by atoms with E-state index in [-0.39, 0.29) is 6.10 Å². The molecule has 100 valence electrons. The van der Waals surface area contributed by atoms with Gasteiger partial charge in [0, 0.05) is 11.0 Å². The molecule has 0 bridgehead atoms. The van der Waals surface area contributed by atoms with E-state index >= 15 is 0 Å². The number of rotatable bonds is 4. The van der Waals surface area contributed by atoms with E-state index in [1.54, 1.807) is 0 Å². The minimum absolute atomic E-state index is 0.0312. The van der Waals surface area contributed by atoms with E-state index < -0.39 is 0 Å². The fourth-order valence-electron chi connectivity index (χ4n) is 2.64. The third-order valence-corrected chi connectivity index (χ3v) is 4.36. The van der Waals surface area contributed by atoms with Gasteiger partial charge in [-0.3, -0.25) is 0 Å². The van der Waals surface area contributed by atoms with Crippen molar-refractivity contribution in [2.45, 2.75) is 44.8 Å². The van der Waals surface area contributed by atoms with Crippen molar-refractivity contribution in [1.82, 2.24) is 0 Å². The molecule has 1 fully saturated rings. The summed E-state index contributed by atoms with van der Waals surface area (Å²) in [5.41, 5.74) is 7.05. The van der Waals surface area contributed by atoms with Crippen molar-refractivity contribution in [3.8, 4) is 0 Å². The van der Waals surface area contributed by atoms with E-state index in [0.29, 0.717) is 18.6 Å². The van der Waals surface area contributed by atoms with Crippen LogP contribution in [0.4, 0.5) is 0 Å². The maximum Gasteiger partial charge on any atom is 0.0950 e. The molecule has 1 aromatic rings. The van der Waals surface area contributed by atoms with Crippen LogP contribution in [-0.4, -0.2) is 12.6 Å². The summed E-state index contributed by atoms with van der Waals surface area (Å²) in [6.07, 6.45) is 5.48. The summed E-state index contributed by atoms with van der Waals surface area (Å²) >= 11 is 3.45. The van der Waals surface area contributed by atoms with Crippen LogP contribution in [0.5, 0.6) is 0 Å². The zero-order chi connectivity index (χ0) is 13.0. The lowest BCUT2D eigenvalue weighted by Crippen LogP contribution is -2.30. The summed E-state index contributed by atoms with van der Waals surface area (Å²) in [6.45, 7) is 2.84. The van der Waals surface area contributed by atoms with Crippen LogP contribution in [0.1, 0.15) is 44.3 Å². The van der Waals surface area contributed by atoms with Gasteiger partial charge in [0.15, 0.2) is 0 Å². The van der Waals surface area contributed by atoms with Crippen LogP contribution in [0.3, 0.4) is 0 Å². The molecule has 3 atom stereocenters. The lowest BCUT2D eigenvalue weighted by atomic mass is 9.87. The fraction of sp³-hybridized carbons (Fsp3) is 0.600. The van der Waals surface area contributed by atoms with Crippen molar-refractivity contribution in [2.24, 2.45) is 11.7 Å². The first-order valence-corrected chi connectivity index (χ1v) is 7.61. The van der Waals surface area contributed by atoms with Crippen molar-refractivity contribution in [1.29, 1.82) is 0 Å². The van der Waals surface area contributed by atoms with Crippen molar-refractivity contribution in [2.75, 3.05) is 6.54 Å². The molecule has 3 unspecified atom stereocenters. The maximum atomic E-state index is 6.24. The Labute approximate surface area is 118 Å². The quantitative estimate of drug-likeness (QED) is 0.910. The zero-order valence-electron chi connectivity index (χ0n) is 10.9. The molecule has 0 spiro atoms. The summed E-state index contributed by atoms with van der Waals surface area (Å²) in [4.78, 5) is 0. The van der Waals surface area contributed by atoms with Crippen LogP contribution in [0.15, 0.2) is 28.7 Å². The Balaban J connectivity index is 2.02. The molecule has 0 heterocycles. The van der Waals surface area contributed by atoms with Crippen LogP contribution in [0.2, 0.25) is 0 Å². The second-order valence-electron chi connectivity index (χ2n) is 5.21. The first-order valence-electron chi connectivity index (χ1n) is 6.81. The highest BCUT2D eigenvalue weighted by Gasteiger charge is 2.25. The van der Waals surface area contributed by atoms with Crippen LogP contribution in [0, 0.1) is 5.92 Å². The smallest absolute Gasteiger partial charge is 0.0950 e. The van der Waals surface area contributed by atoms with Gasteiger partial charge in [-0.25, -0.2) is 0 Å². The minimum Gasteiger partial charge on any atom is -0.369 e. The van der Waals surface area contributed by atoms with Crippen molar-refractivity contribution in [3.05, 3.63) is 34.3 Å². The molecule has 0 radical (unpaired) electrons. The second kappa shape index (κ2) is 6.69. The van der Waals surface area contributed by atoms with Crippen molar-refractivity contribution < 1.29 is 4.74 Å². The van der Waals surface area contributed by atoms with E-state index in [9.17, 15) is 0 Å². The number of hydrogen-bond acceptors (Lipinski definition) is 2. The maximum absolute atomic E-state index is 6.24. The highest BCUT2D eigenvalue weighted by atomic mass is 79.9. The molecule has 2 nitrogen and oxygen atoms in total. The lowest BCUT2D eigenvalue weighted by Gasteiger charge is -2.32. The standard InChI is InChI=1S/C15H22BrNO/c1-11-4-2-3-5-14(11)18-15(10-17)12-6-8-13(16)9-7-12/h6-9,11,14-15H,2-5,10,17H2,1H3. The molecule has 0 aromatic heterocycles. The predicted octanol–water partition coefficient (Wildman–Crippen LogP) is 4.04. The van der Waals surface area contributed by atoms with Crippen molar-refractivity contribution >= 4 is 15.9 Å². The lowest BCUT2D eigenvalue weighted by molar-refractivity contribution is -0.0533. The third-order valence-electron chi connectivity index (χ3n) is 3.83. The fourth-order valence-corrected chi connectivity index (χ4v) is 2.91. The Bertz CT molecular complexity index is 365. The summed E-state index contributed by atoms with van der Waals surface area (Å²) in [5, 5.41) is 0. The summed E-state index contributed by atoms with van der Waals surface area (Å²) < 4.78 is 7.33. The molecule has 1 aliphatic rings. The molecule has 2 N–H and O–H groups in total. The molecule has 0 amide bonds.